The molecule has 3 aromatic rings. The van der Waals surface area contributed by atoms with Crippen LogP contribution in [0.15, 0.2) is 42.5 Å². The van der Waals surface area contributed by atoms with Crippen LogP contribution in [0.2, 0.25) is 0 Å². The molecule has 0 bridgehead atoms. The second kappa shape index (κ2) is 9.16. The number of aromatic nitrogens is 1. The number of likely N-dealkylation sites (tertiary alicyclic amines) is 1. The number of nitrogens with zero attached hydrogens (tertiary/aromatic N) is 3. The Morgan fingerprint density at radius 2 is 1.88 bits per heavy atom. The number of halogens is 1. The average Bonchev–Trinajstić information content (AvgIpc) is 3.23. The number of fused-ring (bicyclic) bond motifs is 1. The Labute approximate surface area is 190 Å². The summed E-state index contributed by atoms with van der Waals surface area (Å²) in [6, 6.07) is 14.4. The predicted octanol–water partition coefficient (Wildman–Crippen LogP) is 4.89. The van der Waals surface area contributed by atoms with Crippen LogP contribution >= 0.6 is 0 Å². The van der Waals surface area contributed by atoms with Crippen molar-refractivity contribution >= 4 is 16.7 Å². The van der Waals surface area contributed by atoms with E-state index in [0.717, 1.165) is 69.3 Å². The highest BCUT2D eigenvalue weighted by Crippen LogP contribution is 2.29. The van der Waals surface area contributed by atoms with Gasteiger partial charge in [0.05, 0.1) is 18.7 Å². The third-order valence-corrected chi connectivity index (χ3v) is 6.85. The van der Waals surface area contributed by atoms with Gasteiger partial charge < -0.3 is 9.64 Å². The lowest BCUT2D eigenvalue weighted by Crippen LogP contribution is -2.37. The first-order valence-electron chi connectivity index (χ1n) is 11.8. The first kappa shape index (κ1) is 21.4. The SMILES string of the molecule is Cc1ccc2cc(CN3CCC(Cc4ccc(F)c(C)c4)C3)c(N3CCOCC3)nc2c1. The summed E-state index contributed by atoms with van der Waals surface area (Å²) in [5.74, 6) is 1.61. The lowest BCUT2D eigenvalue weighted by atomic mass is 9.97. The van der Waals surface area contributed by atoms with E-state index in [0.29, 0.717) is 5.92 Å². The molecule has 0 N–H and O–H groups in total. The molecule has 2 aliphatic heterocycles. The van der Waals surface area contributed by atoms with Crippen molar-refractivity contribution in [3.63, 3.8) is 0 Å². The third kappa shape index (κ3) is 4.64. The fraction of sp³-hybridized carbons (Fsp3) is 0.444. The maximum Gasteiger partial charge on any atom is 0.133 e. The van der Waals surface area contributed by atoms with Gasteiger partial charge in [0, 0.05) is 37.1 Å². The fourth-order valence-corrected chi connectivity index (χ4v) is 5.11. The van der Waals surface area contributed by atoms with Crippen LogP contribution in [0.25, 0.3) is 10.9 Å². The van der Waals surface area contributed by atoms with Crippen molar-refractivity contribution in [3.05, 3.63) is 70.5 Å². The molecule has 0 amide bonds. The molecule has 5 rings (SSSR count). The first-order valence-corrected chi connectivity index (χ1v) is 11.8. The number of morpholine rings is 1. The smallest absolute Gasteiger partial charge is 0.133 e. The van der Waals surface area contributed by atoms with E-state index in [9.17, 15) is 4.39 Å². The highest BCUT2D eigenvalue weighted by Gasteiger charge is 2.25. The lowest BCUT2D eigenvalue weighted by molar-refractivity contribution is 0.122. The van der Waals surface area contributed by atoms with E-state index in [1.165, 1.54) is 28.5 Å². The molecule has 2 aliphatic rings. The zero-order chi connectivity index (χ0) is 22.1. The molecule has 1 aromatic heterocycles. The molecule has 0 saturated carbocycles. The number of ether oxygens (including phenoxy) is 1. The van der Waals surface area contributed by atoms with Crippen LogP contribution < -0.4 is 4.90 Å². The fourth-order valence-electron chi connectivity index (χ4n) is 5.11. The molecule has 1 unspecified atom stereocenters. The van der Waals surface area contributed by atoms with Crippen LogP contribution in [-0.2, 0) is 17.7 Å². The van der Waals surface area contributed by atoms with Gasteiger partial charge in [0.25, 0.3) is 0 Å². The van der Waals surface area contributed by atoms with Crippen molar-refractivity contribution < 1.29 is 9.13 Å². The lowest BCUT2D eigenvalue weighted by Gasteiger charge is -2.30. The number of anilines is 1. The van der Waals surface area contributed by atoms with Gasteiger partial charge in [-0.3, -0.25) is 4.90 Å². The van der Waals surface area contributed by atoms with Crippen molar-refractivity contribution in [2.24, 2.45) is 5.92 Å². The summed E-state index contributed by atoms with van der Waals surface area (Å²) in [6.45, 7) is 10.4. The van der Waals surface area contributed by atoms with E-state index in [1.807, 2.05) is 19.1 Å². The van der Waals surface area contributed by atoms with Crippen LogP contribution in [0, 0.1) is 25.6 Å². The molecule has 32 heavy (non-hydrogen) atoms. The quantitative estimate of drug-likeness (QED) is 0.573. The summed E-state index contributed by atoms with van der Waals surface area (Å²) in [6.07, 6.45) is 2.20. The van der Waals surface area contributed by atoms with Crippen LogP contribution in [0.5, 0.6) is 0 Å². The molecule has 4 nitrogen and oxygen atoms in total. The van der Waals surface area contributed by atoms with Crippen molar-refractivity contribution in [1.82, 2.24) is 9.88 Å². The summed E-state index contributed by atoms with van der Waals surface area (Å²) >= 11 is 0. The number of hydrogen-bond donors (Lipinski definition) is 0. The molecular formula is C27H32FN3O. The molecule has 3 heterocycles. The Balaban J connectivity index is 1.34. The Hall–Kier alpha value is -2.50. The minimum atomic E-state index is -0.114. The Bertz CT molecular complexity index is 1110. The van der Waals surface area contributed by atoms with Gasteiger partial charge in [-0.05, 0) is 74.0 Å². The van der Waals surface area contributed by atoms with Crippen LogP contribution in [0.3, 0.4) is 0 Å². The van der Waals surface area contributed by atoms with Gasteiger partial charge in [0.15, 0.2) is 0 Å². The van der Waals surface area contributed by atoms with Gasteiger partial charge in [-0.2, -0.15) is 0 Å². The second-order valence-corrected chi connectivity index (χ2v) is 9.44. The number of aryl methyl sites for hydroxylation is 2. The molecule has 0 spiro atoms. The molecule has 168 valence electrons. The molecular weight excluding hydrogens is 401 g/mol. The largest absolute Gasteiger partial charge is 0.378 e. The highest BCUT2D eigenvalue weighted by molar-refractivity contribution is 5.82. The van der Waals surface area contributed by atoms with Gasteiger partial charge in [-0.25, -0.2) is 9.37 Å². The molecule has 5 heteroatoms. The topological polar surface area (TPSA) is 28.6 Å². The van der Waals surface area contributed by atoms with Crippen molar-refractivity contribution in [2.75, 3.05) is 44.3 Å². The number of rotatable bonds is 5. The zero-order valence-electron chi connectivity index (χ0n) is 19.1. The molecule has 2 fully saturated rings. The summed E-state index contributed by atoms with van der Waals surface area (Å²) in [5.41, 5.74) is 5.60. The molecule has 0 radical (unpaired) electrons. The van der Waals surface area contributed by atoms with Gasteiger partial charge in [0.2, 0.25) is 0 Å². The van der Waals surface area contributed by atoms with Crippen molar-refractivity contribution in [3.8, 4) is 0 Å². The standard InChI is InChI=1S/C27H32FN3O/c1-19-3-5-23-16-24(27(29-26(23)13-19)31-9-11-32-12-10-31)18-30-8-7-22(17-30)15-21-4-6-25(28)20(2)14-21/h3-6,13-14,16,22H,7-12,15,17-18H2,1-2H3. The summed E-state index contributed by atoms with van der Waals surface area (Å²) < 4.78 is 19.2. The Kier molecular flexibility index (Phi) is 6.11. The number of pyridine rings is 1. The van der Waals surface area contributed by atoms with E-state index >= 15 is 0 Å². The first-order chi connectivity index (χ1) is 15.5. The zero-order valence-corrected chi connectivity index (χ0v) is 19.1. The van der Waals surface area contributed by atoms with E-state index in [-0.39, 0.29) is 5.82 Å². The van der Waals surface area contributed by atoms with Crippen LogP contribution in [-0.4, -0.2) is 49.3 Å². The Morgan fingerprint density at radius 3 is 2.69 bits per heavy atom. The summed E-state index contributed by atoms with van der Waals surface area (Å²) in [7, 11) is 0. The van der Waals surface area contributed by atoms with Crippen molar-refractivity contribution in [2.45, 2.75) is 33.2 Å². The maximum atomic E-state index is 13.6. The van der Waals surface area contributed by atoms with E-state index < -0.39 is 0 Å². The van der Waals surface area contributed by atoms with Gasteiger partial charge in [-0.1, -0.05) is 24.3 Å². The van der Waals surface area contributed by atoms with E-state index in [2.05, 4.69) is 41.0 Å². The maximum absolute atomic E-state index is 13.6. The number of benzene rings is 2. The van der Waals surface area contributed by atoms with Gasteiger partial charge in [0.1, 0.15) is 11.6 Å². The average molecular weight is 434 g/mol. The van der Waals surface area contributed by atoms with Crippen molar-refractivity contribution in [1.29, 1.82) is 0 Å². The second-order valence-electron chi connectivity index (χ2n) is 9.44. The third-order valence-electron chi connectivity index (χ3n) is 6.85. The molecule has 0 aliphatic carbocycles. The molecule has 2 saturated heterocycles. The van der Waals surface area contributed by atoms with Gasteiger partial charge >= 0.3 is 0 Å². The normalized spacial score (nSPS) is 19.7. The van der Waals surface area contributed by atoms with Crippen LogP contribution in [0.1, 0.15) is 28.7 Å². The summed E-state index contributed by atoms with van der Waals surface area (Å²) in [4.78, 5) is 10.1. The van der Waals surface area contributed by atoms with Gasteiger partial charge in [-0.15, -0.1) is 0 Å². The minimum absolute atomic E-state index is 0.114. The predicted molar refractivity (Wildman–Crippen MR) is 128 cm³/mol. The monoisotopic (exact) mass is 433 g/mol. The number of hydrogen-bond acceptors (Lipinski definition) is 4. The summed E-state index contributed by atoms with van der Waals surface area (Å²) in [5, 5.41) is 1.21. The van der Waals surface area contributed by atoms with E-state index in [1.54, 1.807) is 6.07 Å². The minimum Gasteiger partial charge on any atom is -0.378 e. The highest BCUT2D eigenvalue weighted by atomic mass is 19.1. The Morgan fingerprint density at radius 1 is 1.03 bits per heavy atom. The van der Waals surface area contributed by atoms with Crippen LogP contribution in [0.4, 0.5) is 10.2 Å². The molecule has 2 aromatic carbocycles. The molecule has 1 atom stereocenters. The van der Waals surface area contributed by atoms with E-state index in [4.69, 9.17) is 9.72 Å².